The zero-order valence-electron chi connectivity index (χ0n) is 19.5. The van der Waals surface area contributed by atoms with Crippen LogP contribution < -0.4 is 15.8 Å². The van der Waals surface area contributed by atoms with Gasteiger partial charge in [-0.05, 0) is 68.3 Å². The van der Waals surface area contributed by atoms with Crippen molar-refractivity contribution in [2.45, 2.75) is 26.9 Å². The van der Waals surface area contributed by atoms with E-state index in [1.165, 1.54) is 30.0 Å². The van der Waals surface area contributed by atoms with E-state index in [-0.39, 0.29) is 33.8 Å². The van der Waals surface area contributed by atoms with Crippen molar-refractivity contribution in [3.63, 3.8) is 0 Å². The summed E-state index contributed by atoms with van der Waals surface area (Å²) in [5.74, 6) is -2.01. The van der Waals surface area contributed by atoms with Crippen LogP contribution in [0.2, 0.25) is 0 Å². The van der Waals surface area contributed by atoms with Gasteiger partial charge in [0, 0.05) is 23.0 Å². The van der Waals surface area contributed by atoms with Crippen LogP contribution >= 0.6 is 0 Å². The second kappa shape index (κ2) is 8.95. The number of halogens is 3. The number of fused-ring (bicyclic) bond motifs is 1. The topological polar surface area (TPSA) is 102 Å². The normalized spacial score (nSPS) is 14.5. The van der Waals surface area contributed by atoms with Gasteiger partial charge in [-0.25, -0.2) is 0 Å². The fourth-order valence-electron chi connectivity index (χ4n) is 4.13. The maximum absolute atomic E-state index is 13.6. The second-order valence-corrected chi connectivity index (χ2v) is 8.50. The molecule has 0 unspecified atom stereocenters. The van der Waals surface area contributed by atoms with E-state index in [2.05, 4.69) is 10.9 Å². The molecule has 1 aliphatic rings. The van der Waals surface area contributed by atoms with E-state index >= 15 is 0 Å². The molecule has 0 aromatic heterocycles. The molecule has 0 spiro atoms. The minimum Gasteiger partial charge on any atom is -0.508 e. The fourth-order valence-corrected chi connectivity index (χ4v) is 4.13. The molecule has 186 valence electrons. The average molecular weight is 497 g/mol. The van der Waals surface area contributed by atoms with E-state index in [0.29, 0.717) is 5.69 Å². The third-order valence-electron chi connectivity index (χ3n) is 5.68. The summed E-state index contributed by atoms with van der Waals surface area (Å²) >= 11 is 0. The van der Waals surface area contributed by atoms with Crippen LogP contribution in [-0.2, 0) is 11.0 Å². The fraction of sp³-hybridized carbons (Fsp3) is 0.154. The standard InChI is InChI=1S/C26H22F3N3O4/c1-13-8-14(2)10-17(9-13)32-21-11-16(26(27,28)29)4-6-19(21)23(25(32)36)15(3)30-31-24(35)20-7-5-18(33)12-22(20)34/h4-12,30,33-34H,1-3H3,(H,31,35). The average Bonchev–Trinajstić information content (AvgIpc) is 3.07. The van der Waals surface area contributed by atoms with Gasteiger partial charge in [-0.1, -0.05) is 12.1 Å². The highest BCUT2D eigenvalue weighted by atomic mass is 19.4. The third kappa shape index (κ3) is 4.57. The summed E-state index contributed by atoms with van der Waals surface area (Å²) in [6.45, 7) is 5.14. The molecule has 0 aliphatic carbocycles. The summed E-state index contributed by atoms with van der Waals surface area (Å²) in [5, 5.41) is 19.3. The monoisotopic (exact) mass is 497 g/mol. The van der Waals surface area contributed by atoms with Crippen molar-refractivity contribution < 1.29 is 33.0 Å². The number of hydrazine groups is 1. The van der Waals surface area contributed by atoms with Gasteiger partial charge in [-0.15, -0.1) is 0 Å². The van der Waals surface area contributed by atoms with Gasteiger partial charge in [0.15, 0.2) is 0 Å². The molecular formula is C26H22F3N3O4. The number of allylic oxidation sites excluding steroid dienone is 1. The van der Waals surface area contributed by atoms with Gasteiger partial charge in [0.05, 0.1) is 22.4 Å². The number of phenolic OH excluding ortho intramolecular Hbond substituents is 2. The quantitative estimate of drug-likeness (QED) is 0.298. The van der Waals surface area contributed by atoms with Gasteiger partial charge in [-0.3, -0.25) is 19.9 Å². The Morgan fingerprint density at radius 1 is 0.917 bits per heavy atom. The Bertz CT molecular complexity index is 1410. The number of hydrogen-bond acceptors (Lipinski definition) is 5. The van der Waals surface area contributed by atoms with E-state index in [9.17, 15) is 33.0 Å². The van der Waals surface area contributed by atoms with E-state index in [4.69, 9.17) is 0 Å². The number of carbonyl (C=O) groups is 2. The number of nitrogens with one attached hydrogen (secondary N) is 2. The SMILES string of the molecule is CC(NNC(=O)c1ccc(O)cc1O)=C1C(=O)N(c2cc(C)cc(C)c2)c2cc(C(F)(F)F)ccc21. The van der Waals surface area contributed by atoms with Crippen LogP contribution in [-0.4, -0.2) is 22.0 Å². The molecule has 1 heterocycles. The molecule has 0 atom stereocenters. The number of rotatable bonds is 4. The molecule has 36 heavy (non-hydrogen) atoms. The maximum Gasteiger partial charge on any atom is 0.416 e. The number of alkyl halides is 3. The first-order chi connectivity index (χ1) is 16.9. The molecule has 0 bridgehead atoms. The molecule has 1 aliphatic heterocycles. The zero-order valence-corrected chi connectivity index (χ0v) is 19.5. The molecule has 0 fully saturated rings. The van der Waals surface area contributed by atoms with Gasteiger partial charge < -0.3 is 15.6 Å². The van der Waals surface area contributed by atoms with Crippen molar-refractivity contribution in [2.24, 2.45) is 0 Å². The molecule has 4 N–H and O–H groups in total. The Kier molecular flexibility index (Phi) is 6.13. The summed E-state index contributed by atoms with van der Waals surface area (Å²) in [6, 6.07) is 11.8. The number of benzene rings is 3. The van der Waals surface area contributed by atoms with E-state index in [1.54, 1.807) is 12.1 Å². The van der Waals surface area contributed by atoms with Crippen LogP contribution in [0.25, 0.3) is 5.57 Å². The van der Waals surface area contributed by atoms with E-state index in [0.717, 1.165) is 29.3 Å². The van der Waals surface area contributed by atoms with E-state index < -0.39 is 29.3 Å². The summed E-state index contributed by atoms with van der Waals surface area (Å²) < 4.78 is 40.5. The number of amides is 2. The Balaban J connectivity index is 1.75. The van der Waals surface area contributed by atoms with Crippen LogP contribution in [0.1, 0.15) is 39.5 Å². The lowest BCUT2D eigenvalue weighted by molar-refractivity contribution is -0.137. The number of phenols is 2. The molecule has 2 amide bonds. The number of aryl methyl sites for hydroxylation is 2. The molecule has 10 heteroatoms. The molecule has 0 saturated carbocycles. The lowest BCUT2D eigenvalue weighted by Gasteiger charge is -2.20. The van der Waals surface area contributed by atoms with Gasteiger partial charge in [0.1, 0.15) is 11.5 Å². The van der Waals surface area contributed by atoms with Gasteiger partial charge >= 0.3 is 6.18 Å². The minimum absolute atomic E-state index is 0.0680. The van der Waals surface area contributed by atoms with Crippen molar-refractivity contribution in [1.29, 1.82) is 0 Å². The zero-order chi connectivity index (χ0) is 26.4. The second-order valence-electron chi connectivity index (χ2n) is 8.50. The highest BCUT2D eigenvalue weighted by Crippen LogP contribution is 2.45. The minimum atomic E-state index is -4.61. The molecule has 4 rings (SSSR count). The van der Waals surface area contributed by atoms with Crippen LogP contribution in [0.5, 0.6) is 11.5 Å². The summed E-state index contributed by atoms with van der Waals surface area (Å²) in [6.07, 6.45) is -4.61. The summed E-state index contributed by atoms with van der Waals surface area (Å²) in [7, 11) is 0. The van der Waals surface area contributed by atoms with Crippen molar-refractivity contribution >= 4 is 28.8 Å². The van der Waals surface area contributed by atoms with Gasteiger partial charge in [0.2, 0.25) is 0 Å². The Morgan fingerprint density at radius 2 is 1.58 bits per heavy atom. The van der Waals surface area contributed by atoms with Gasteiger partial charge in [0.25, 0.3) is 11.8 Å². The van der Waals surface area contributed by atoms with Crippen LogP contribution in [0.4, 0.5) is 24.5 Å². The van der Waals surface area contributed by atoms with E-state index in [1.807, 2.05) is 19.9 Å². The van der Waals surface area contributed by atoms with Crippen molar-refractivity contribution in [3.05, 3.63) is 88.1 Å². The Hall–Kier alpha value is -4.47. The molecule has 7 nitrogen and oxygen atoms in total. The van der Waals surface area contributed by atoms with Crippen molar-refractivity contribution in [2.75, 3.05) is 4.90 Å². The van der Waals surface area contributed by atoms with Crippen LogP contribution in [0.15, 0.2) is 60.3 Å². The van der Waals surface area contributed by atoms with Crippen LogP contribution in [0, 0.1) is 13.8 Å². The largest absolute Gasteiger partial charge is 0.508 e. The third-order valence-corrected chi connectivity index (χ3v) is 5.68. The first-order valence-electron chi connectivity index (χ1n) is 10.8. The molecule has 0 saturated heterocycles. The summed E-state index contributed by atoms with van der Waals surface area (Å²) in [5.41, 5.74) is 6.61. The number of anilines is 2. The maximum atomic E-state index is 13.6. The first-order valence-corrected chi connectivity index (χ1v) is 10.8. The lowest BCUT2D eigenvalue weighted by atomic mass is 10.0. The van der Waals surface area contributed by atoms with Crippen molar-refractivity contribution in [1.82, 2.24) is 10.9 Å². The van der Waals surface area contributed by atoms with Gasteiger partial charge in [-0.2, -0.15) is 13.2 Å². The highest BCUT2D eigenvalue weighted by molar-refractivity contribution is 6.35. The summed E-state index contributed by atoms with van der Waals surface area (Å²) in [4.78, 5) is 27.3. The number of nitrogens with zero attached hydrogens (tertiary/aromatic N) is 1. The molecule has 0 radical (unpaired) electrons. The lowest BCUT2D eigenvalue weighted by Crippen LogP contribution is -2.37. The molecular weight excluding hydrogens is 475 g/mol. The predicted octanol–water partition coefficient (Wildman–Crippen LogP) is 5.08. The Labute approximate surface area is 204 Å². The molecule has 3 aromatic carbocycles. The van der Waals surface area contributed by atoms with Crippen LogP contribution in [0.3, 0.4) is 0 Å². The number of aromatic hydroxyl groups is 2. The Morgan fingerprint density at radius 3 is 2.19 bits per heavy atom. The van der Waals surface area contributed by atoms with Crippen molar-refractivity contribution in [3.8, 4) is 11.5 Å². The first kappa shape index (κ1) is 24.6. The number of hydrogen-bond donors (Lipinski definition) is 4. The number of carbonyl (C=O) groups excluding carboxylic acids is 2. The predicted molar refractivity (Wildman–Crippen MR) is 127 cm³/mol. The smallest absolute Gasteiger partial charge is 0.416 e. The highest BCUT2D eigenvalue weighted by Gasteiger charge is 2.39. The molecule has 3 aromatic rings.